The Morgan fingerprint density at radius 2 is 1.23 bits per heavy atom. The van der Waals surface area contributed by atoms with Gasteiger partial charge >= 0.3 is 0 Å². The highest BCUT2D eigenvalue weighted by atomic mass is 15.1. The molecule has 3 aromatic heterocycles. The number of benzene rings is 4. The fourth-order valence-corrected chi connectivity index (χ4v) is 5.20. The van der Waals surface area contributed by atoms with Crippen molar-refractivity contribution >= 4 is 21.8 Å². The zero-order chi connectivity index (χ0) is 26.3. The highest BCUT2D eigenvalue weighted by Crippen LogP contribution is 2.37. The van der Waals surface area contributed by atoms with Gasteiger partial charge in [-0.1, -0.05) is 96.6 Å². The zero-order valence-corrected chi connectivity index (χ0v) is 21.7. The topological polar surface area (TPSA) is 56.5 Å². The molecule has 0 amide bonds. The predicted molar refractivity (Wildman–Crippen MR) is 158 cm³/mol. The van der Waals surface area contributed by atoms with E-state index in [1.165, 1.54) is 27.5 Å². The van der Waals surface area contributed by atoms with Gasteiger partial charge in [-0.2, -0.15) is 0 Å². The molecule has 0 aliphatic rings. The number of aromatic nitrogens is 5. The van der Waals surface area contributed by atoms with Gasteiger partial charge in [-0.3, -0.25) is 4.57 Å². The standard InChI is InChI=1S/C34H25N5/c1-22-15-17-24(18-16-22)27-12-8-13-29-28-11-6-7-14-30(28)39(32(27)29)31-20-19-26(21-35-31)34-37-23(2)36-33(38-34)25-9-4-3-5-10-25/h3-21H,1-2H3. The minimum atomic E-state index is 0.614. The largest absolute Gasteiger partial charge is 0.293 e. The van der Waals surface area contributed by atoms with E-state index in [-0.39, 0.29) is 0 Å². The third kappa shape index (κ3) is 4.05. The van der Waals surface area contributed by atoms with Gasteiger partial charge in [-0.25, -0.2) is 19.9 Å². The summed E-state index contributed by atoms with van der Waals surface area (Å²) < 4.78 is 2.26. The third-order valence-electron chi connectivity index (χ3n) is 7.07. The lowest BCUT2D eigenvalue weighted by Crippen LogP contribution is -2.01. The van der Waals surface area contributed by atoms with Crippen molar-refractivity contribution in [2.75, 3.05) is 0 Å². The first-order valence-electron chi connectivity index (χ1n) is 13.0. The maximum Gasteiger partial charge on any atom is 0.165 e. The average Bonchev–Trinajstić information content (AvgIpc) is 3.32. The fourth-order valence-electron chi connectivity index (χ4n) is 5.20. The quantitative estimate of drug-likeness (QED) is 0.244. The van der Waals surface area contributed by atoms with E-state index in [1.807, 2.05) is 49.5 Å². The Labute approximate surface area is 226 Å². The van der Waals surface area contributed by atoms with E-state index in [0.29, 0.717) is 17.5 Å². The lowest BCUT2D eigenvalue weighted by atomic mass is 10.0. The Morgan fingerprint density at radius 1 is 0.538 bits per heavy atom. The van der Waals surface area contributed by atoms with Crippen LogP contribution in [0.5, 0.6) is 0 Å². The number of hydrogen-bond acceptors (Lipinski definition) is 4. The van der Waals surface area contributed by atoms with Crippen LogP contribution < -0.4 is 0 Å². The summed E-state index contributed by atoms with van der Waals surface area (Å²) in [6.45, 7) is 4.01. The van der Waals surface area contributed by atoms with Crippen LogP contribution in [0.25, 0.3) is 61.5 Å². The molecule has 0 unspecified atom stereocenters. The van der Waals surface area contributed by atoms with Crippen LogP contribution in [0.4, 0.5) is 0 Å². The molecule has 0 N–H and O–H groups in total. The molecule has 5 nitrogen and oxygen atoms in total. The molecular weight excluding hydrogens is 478 g/mol. The number of pyridine rings is 1. The second-order valence-electron chi connectivity index (χ2n) is 9.72. The van der Waals surface area contributed by atoms with E-state index in [2.05, 4.69) is 94.3 Å². The van der Waals surface area contributed by atoms with Crippen molar-refractivity contribution in [1.82, 2.24) is 24.5 Å². The van der Waals surface area contributed by atoms with Crippen molar-refractivity contribution in [3.05, 3.63) is 127 Å². The maximum atomic E-state index is 4.94. The van der Waals surface area contributed by atoms with Crippen molar-refractivity contribution in [2.45, 2.75) is 13.8 Å². The molecule has 0 aliphatic heterocycles. The molecule has 0 saturated heterocycles. The summed E-state index contributed by atoms with van der Waals surface area (Å²) >= 11 is 0. The van der Waals surface area contributed by atoms with E-state index in [1.54, 1.807) is 0 Å². The normalized spacial score (nSPS) is 11.3. The first kappa shape index (κ1) is 23.0. The van der Waals surface area contributed by atoms with Gasteiger partial charge in [-0.15, -0.1) is 0 Å². The number of aryl methyl sites for hydroxylation is 2. The predicted octanol–water partition coefficient (Wildman–Crippen LogP) is 7.98. The molecule has 186 valence electrons. The first-order chi connectivity index (χ1) is 19.2. The molecule has 0 saturated carbocycles. The molecule has 3 heterocycles. The molecule has 0 spiro atoms. The number of para-hydroxylation sites is 2. The smallest absolute Gasteiger partial charge is 0.165 e. The van der Waals surface area contributed by atoms with Gasteiger partial charge in [0.05, 0.1) is 11.0 Å². The van der Waals surface area contributed by atoms with Crippen molar-refractivity contribution < 1.29 is 0 Å². The third-order valence-corrected chi connectivity index (χ3v) is 7.07. The number of nitrogens with zero attached hydrogens (tertiary/aromatic N) is 5. The molecular formula is C34H25N5. The second kappa shape index (κ2) is 9.30. The van der Waals surface area contributed by atoms with E-state index in [9.17, 15) is 0 Å². The van der Waals surface area contributed by atoms with Crippen molar-refractivity contribution in [3.8, 4) is 39.7 Å². The fraction of sp³-hybridized carbons (Fsp3) is 0.0588. The van der Waals surface area contributed by atoms with E-state index >= 15 is 0 Å². The summed E-state index contributed by atoms with van der Waals surface area (Å²) in [5, 5.41) is 2.41. The molecule has 0 bridgehead atoms. The number of fused-ring (bicyclic) bond motifs is 3. The van der Waals surface area contributed by atoms with Crippen LogP contribution in [0.3, 0.4) is 0 Å². The molecule has 7 aromatic rings. The van der Waals surface area contributed by atoms with Crippen LogP contribution in [0, 0.1) is 13.8 Å². The minimum absolute atomic E-state index is 0.614. The monoisotopic (exact) mass is 503 g/mol. The van der Waals surface area contributed by atoms with Crippen molar-refractivity contribution in [2.24, 2.45) is 0 Å². The minimum Gasteiger partial charge on any atom is -0.293 e. The SMILES string of the molecule is Cc1ccc(-c2cccc3c4ccccc4n(-c4ccc(-c5nc(C)nc(-c6ccccc6)n5)cn4)c23)cc1. The molecule has 7 rings (SSSR count). The Hall–Kier alpha value is -5.16. The molecule has 39 heavy (non-hydrogen) atoms. The van der Waals surface area contributed by atoms with Gasteiger partial charge in [0, 0.05) is 33.7 Å². The summed E-state index contributed by atoms with van der Waals surface area (Å²) in [5.41, 5.74) is 7.67. The summed E-state index contributed by atoms with van der Waals surface area (Å²) in [7, 11) is 0. The van der Waals surface area contributed by atoms with E-state index in [0.717, 1.165) is 28.0 Å². The highest BCUT2D eigenvalue weighted by molar-refractivity contribution is 6.13. The maximum absolute atomic E-state index is 4.94. The van der Waals surface area contributed by atoms with Crippen molar-refractivity contribution in [3.63, 3.8) is 0 Å². The lowest BCUT2D eigenvalue weighted by Gasteiger charge is -2.12. The number of rotatable bonds is 4. The van der Waals surface area contributed by atoms with Gasteiger partial charge in [-0.05, 0) is 37.6 Å². The van der Waals surface area contributed by atoms with E-state index < -0.39 is 0 Å². The van der Waals surface area contributed by atoms with Crippen LogP contribution >= 0.6 is 0 Å². The number of hydrogen-bond donors (Lipinski definition) is 0. The van der Waals surface area contributed by atoms with Gasteiger partial charge in [0.15, 0.2) is 11.6 Å². The van der Waals surface area contributed by atoms with Gasteiger partial charge in [0.25, 0.3) is 0 Å². The highest BCUT2D eigenvalue weighted by Gasteiger charge is 2.17. The summed E-state index contributed by atoms with van der Waals surface area (Å²) in [6, 6.07) is 37.8. The van der Waals surface area contributed by atoms with Gasteiger partial charge in [0.2, 0.25) is 0 Å². The Balaban J connectivity index is 1.39. The molecule has 0 radical (unpaired) electrons. The molecule has 4 aromatic carbocycles. The first-order valence-corrected chi connectivity index (χ1v) is 13.0. The summed E-state index contributed by atoms with van der Waals surface area (Å²) in [5.74, 6) is 2.79. The van der Waals surface area contributed by atoms with Crippen LogP contribution in [0.15, 0.2) is 115 Å². The van der Waals surface area contributed by atoms with Crippen LogP contribution in [0.1, 0.15) is 11.4 Å². The van der Waals surface area contributed by atoms with Gasteiger partial charge < -0.3 is 0 Å². The molecule has 0 fully saturated rings. The summed E-state index contributed by atoms with van der Waals surface area (Å²) in [6.07, 6.45) is 1.86. The summed E-state index contributed by atoms with van der Waals surface area (Å²) in [4.78, 5) is 18.9. The van der Waals surface area contributed by atoms with Crippen molar-refractivity contribution in [1.29, 1.82) is 0 Å². The Morgan fingerprint density at radius 3 is 2.00 bits per heavy atom. The van der Waals surface area contributed by atoms with Crippen LogP contribution in [-0.4, -0.2) is 24.5 Å². The van der Waals surface area contributed by atoms with E-state index in [4.69, 9.17) is 9.97 Å². The molecule has 0 atom stereocenters. The molecule has 0 aliphatic carbocycles. The Bertz CT molecular complexity index is 1950. The molecule has 5 heteroatoms. The second-order valence-corrected chi connectivity index (χ2v) is 9.72. The van der Waals surface area contributed by atoms with Crippen LogP contribution in [0.2, 0.25) is 0 Å². The lowest BCUT2D eigenvalue weighted by molar-refractivity contribution is 0.988. The van der Waals surface area contributed by atoms with Gasteiger partial charge in [0.1, 0.15) is 11.6 Å². The average molecular weight is 504 g/mol. The van der Waals surface area contributed by atoms with Crippen LogP contribution in [-0.2, 0) is 0 Å². The zero-order valence-electron chi connectivity index (χ0n) is 21.7. The Kier molecular flexibility index (Phi) is 5.48.